The van der Waals surface area contributed by atoms with Gasteiger partial charge in [0.2, 0.25) is 5.91 Å². The molecular weight excluding hydrogens is 236 g/mol. The summed E-state index contributed by atoms with van der Waals surface area (Å²) in [6.07, 6.45) is 1.21. The van der Waals surface area contributed by atoms with Gasteiger partial charge in [-0.2, -0.15) is 0 Å². The molecule has 3 N–H and O–H groups in total. The van der Waals surface area contributed by atoms with Crippen LogP contribution in [0.15, 0.2) is 0 Å². The maximum absolute atomic E-state index is 12.0. The van der Waals surface area contributed by atoms with E-state index in [1.54, 1.807) is 6.92 Å². The van der Waals surface area contributed by atoms with E-state index in [-0.39, 0.29) is 18.9 Å². The van der Waals surface area contributed by atoms with Crippen molar-refractivity contribution in [1.29, 1.82) is 0 Å². The van der Waals surface area contributed by atoms with E-state index in [2.05, 4.69) is 10.6 Å². The summed E-state index contributed by atoms with van der Waals surface area (Å²) >= 11 is 0. The van der Waals surface area contributed by atoms with Crippen LogP contribution in [0.5, 0.6) is 0 Å². The van der Waals surface area contributed by atoms with Gasteiger partial charge in [-0.25, -0.2) is 0 Å². The third-order valence-electron chi connectivity index (χ3n) is 3.16. The zero-order valence-electron chi connectivity index (χ0n) is 11.0. The number of carboxylic acid groups (broad SMARTS) is 1. The average molecular weight is 258 g/mol. The predicted molar refractivity (Wildman–Crippen MR) is 66.3 cm³/mol. The van der Waals surface area contributed by atoms with Crippen molar-refractivity contribution in [3.8, 4) is 0 Å². The molecule has 0 radical (unpaired) electrons. The first kappa shape index (κ1) is 14.9. The molecular formula is C12H22N2O4. The Morgan fingerprint density at radius 3 is 2.78 bits per heavy atom. The quantitative estimate of drug-likeness (QED) is 0.604. The molecule has 0 bridgehead atoms. The lowest BCUT2D eigenvalue weighted by atomic mass is 9.99. The Morgan fingerprint density at radius 1 is 1.56 bits per heavy atom. The van der Waals surface area contributed by atoms with E-state index in [0.29, 0.717) is 6.61 Å². The topological polar surface area (TPSA) is 87.7 Å². The predicted octanol–water partition coefficient (Wildman–Crippen LogP) is 0.125. The van der Waals surface area contributed by atoms with Crippen molar-refractivity contribution in [1.82, 2.24) is 10.6 Å². The molecule has 0 aliphatic carbocycles. The molecule has 1 amide bonds. The van der Waals surface area contributed by atoms with Gasteiger partial charge in [0.15, 0.2) is 0 Å². The molecule has 104 valence electrons. The van der Waals surface area contributed by atoms with Crippen molar-refractivity contribution < 1.29 is 19.4 Å². The molecule has 1 rings (SSSR count). The average Bonchev–Trinajstić information content (AvgIpc) is 2.73. The van der Waals surface area contributed by atoms with Crippen LogP contribution in [0.3, 0.4) is 0 Å². The van der Waals surface area contributed by atoms with Crippen molar-refractivity contribution in [2.45, 2.75) is 44.8 Å². The van der Waals surface area contributed by atoms with E-state index in [9.17, 15) is 9.59 Å². The van der Waals surface area contributed by atoms with Crippen molar-refractivity contribution in [3.63, 3.8) is 0 Å². The zero-order chi connectivity index (χ0) is 13.6. The molecule has 0 aromatic carbocycles. The minimum atomic E-state index is -0.923. The molecule has 2 atom stereocenters. The Balaban J connectivity index is 2.41. The van der Waals surface area contributed by atoms with Crippen LogP contribution in [0.4, 0.5) is 0 Å². The molecule has 1 fully saturated rings. The molecule has 18 heavy (non-hydrogen) atoms. The monoisotopic (exact) mass is 258 g/mol. The summed E-state index contributed by atoms with van der Waals surface area (Å²) in [4.78, 5) is 22.6. The minimum absolute atomic E-state index is 0.0879. The molecule has 2 unspecified atom stereocenters. The van der Waals surface area contributed by atoms with Gasteiger partial charge in [-0.1, -0.05) is 0 Å². The number of carboxylic acids is 1. The lowest BCUT2D eigenvalue weighted by molar-refractivity contribution is -0.140. The summed E-state index contributed by atoms with van der Waals surface area (Å²) in [5.74, 6) is -1.01. The second-order valence-corrected chi connectivity index (χ2v) is 4.75. The number of hydrogen-bond acceptors (Lipinski definition) is 4. The lowest BCUT2D eigenvalue weighted by Gasteiger charge is -2.24. The van der Waals surface area contributed by atoms with Crippen LogP contribution in [0.25, 0.3) is 0 Å². The molecule has 0 aromatic rings. The number of carbonyl (C=O) groups excluding carboxylic acids is 1. The second-order valence-electron chi connectivity index (χ2n) is 4.75. The number of rotatable bonds is 7. The van der Waals surface area contributed by atoms with Gasteiger partial charge in [-0.05, 0) is 33.2 Å². The summed E-state index contributed by atoms with van der Waals surface area (Å²) in [5, 5.41) is 14.7. The van der Waals surface area contributed by atoms with Crippen molar-refractivity contribution in [3.05, 3.63) is 0 Å². The fourth-order valence-corrected chi connectivity index (χ4v) is 2.11. The van der Waals surface area contributed by atoms with E-state index in [4.69, 9.17) is 9.84 Å². The van der Waals surface area contributed by atoms with Crippen molar-refractivity contribution in [2.75, 3.05) is 19.7 Å². The number of ether oxygens (including phenoxy) is 1. The van der Waals surface area contributed by atoms with Gasteiger partial charge in [0.1, 0.15) is 0 Å². The fraction of sp³-hybridized carbons (Fsp3) is 0.833. The Bertz CT molecular complexity index is 300. The number of hydrogen-bond donors (Lipinski definition) is 3. The van der Waals surface area contributed by atoms with Crippen LogP contribution in [-0.4, -0.2) is 48.3 Å². The van der Waals surface area contributed by atoms with Gasteiger partial charge in [0.05, 0.1) is 18.1 Å². The number of nitrogens with one attached hydrogen (secondary N) is 2. The van der Waals surface area contributed by atoms with E-state index < -0.39 is 17.6 Å². The van der Waals surface area contributed by atoms with Gasteiger partial charge < -0.3 is 20.5 Å². The van der Waals surface area contributed by atoms with Crippen LogP contribution >= 0.6 is 0 Å². The highest BCUT2D eigenvalue weighted by atomic mass is 16.5. The Hall–Kier alpha value is -1.14. The Morgan fingerprint density at radius 2 is 2.28 bits per heavy atom. The molecule has 1 heterocycles. The van der Waals surface area contributed by atoms with E-state index in [1.807, 2.05) is 6.92 Å². The first-order valence-electron chi connectivity index (χ1n) is 6.34. The summed E-state index contributed by atoms with van der Waals surface area (Å²) in [6.45, 7) is 5.17. The first-order valence-corrected chi connectivity index (χ1v) is 6.34. The van der Waals surface area contributed by atoms with Gasteiger partial charge >= 0.3 is 5.97 Å². The van der Waals surface area contributed by atoms with Crippen LogP contribution in [-0.2, 0) is 14.3 Å². The van der Waals surface area contributed by atoms with Crippen LogP contribution in [0.2, 0.25) is 0 Å². The smallest absolute Gasteiger partial charge is 0.306 e. The summed E-state index contributed by atoms with van der Waals surface area (Å²) in [7, 11) is 0. The first-order chi connectivity index (χ1) is 8.48. The summed E-state index contributed by atoms with van der Waals surface area (Å²) in [5.41, 5.74) is -0.528. The lowest BCUT2D eigenvalue weighted by Crippen LogP contribution is -2.52. The molecule has 6 heteroatoms. The molecule has 1 saturated heterocycles. The highest BCUT2D eigenvalue weighted by molar-refractivity contribution is 5.86. The third-order valence-corrected chi connectivity index (χ3v) is 3.16. The summed E-state index contributed by atoms with van der Waals surface area (Å²) < 4.78 is 5.28. The standard InChI is InChI=1S/C12H22N2O4/c1-3-18-9(7-10(15)16)8-13-11(17)12(2)5-4-6-14-12/h9,14H,3-8H2,1-2H3,(H,13,17)(H,15,16). The normalized spacial score (nSPS) is 24.8. The third kappa shape index (κ3) is 4.27. The maximum atomic E-state index is 12.0. The van der Waals surface area contributed by atoms with Gasteiger partial charge in [0.25, 0.3) is 0 Å². The van der Waals surface area contributed by atoms with Gasteiger partial charge in [-0.15, -0.1) is 0 Å². The molecule has 0 aromatic heterocycles. The van der Waals surface area contributed by atoms with Gasteiger partial charge in [-0.3, -0.25) is 9.59 Å². The van der Waals surface area contributed by atoms with Crippen LogP contribution in [0.1, 0.15) is 33.1 Å². The van der Waals surface area contributed by atoms with E-state index in [0.717, 1.165) is 19.4 Å². The second kappa shape index (κ2) is 6.70. The Kier molecular flexibility index (Phi) is 5.55. The SMILES string of the molecule is CCOC(CNC(=O)C1(C)CCCN1)CC(=O)O. The number of aliphatic carboxylic acids is 1. The van der Waals surface area contributed by atoms with Crippen LogP contribution in [0, 0.1) is 0 Å². The fourth-order valence-electron chi connectivity index (χ4n) is 2.11. The number of amides is 1. The largest absolute Gasteiger partial charge is 0.481 e. The molecule has 0 saturated carbocycles. The highest BCUT2D eigenvalue weighted by Crippen LogP contribution is 2.18. The molecule has 6 nitrogen and oxygen atoms in total. The van der Waals surface area contributed by atoms with Crippen molar-refractivity contribution in [2.24, 2.45) is 0 Å². The molecule has 0 spiro atoms. The van der Waals surface area contributed by atoms with E-state index >= 15 is 0 Å². The van der Waals surface area contributed by atoms with Gasteiger partial charge in [0, 0.05) is 13.2 Å². The maximum Gasteiger partial charge on any atom is 0.306 e. The van der Waals surface area contributed by atoms with Crippen molar-refractivity contribution >= 4 is 11.9 Å². The van der Waals surface area contributed by atoms with E-state index in [1.165, 1.54) is 0 Å². The highest BCUT2D eigenvalue weighted by Gasteiger charge is 2.35. The summed E-state index contributed by atoms with van der Waals surface area (Å²) in [6, 6.07) is 0. The minimum Gasteiger partial charge on any atom is -0.481 e. The molecule has 1 aliphatic rings. The zero-order valence-corrected chi connectivity index (χ0v) is 11.0. The van der Waals surface area contributed by atoms with Crippen LogP contribution < -0.4 is 10.6 Å². The Labute approximate surface area is 107 Å². The molecule has 1 aliphatic heterocycles. The number of carbonyl (C=O) groups is 2.